The molecule has 10 nitrogen and oxygen atoms in total. The first kappa shape index (κ1) is 14.4. The molecular weight excluding hydrogens is 284 g/mol. The van der Waals surface area contributed by atoms with Crippen LogP contribution in [-0.4, -0.2) is 28.1 Å². The van der Waals surface area contributed by atoms with E-state index < -0.39 is 21.6 Å². The fourth-order valence-electron chi connectivity index (χ4n) is 1.72. The summed E-state index contributed by atoms with van der Waals surface area (Å²) in [6.45, 7) is 0. The van der Waals surface area contributed by atoms with E-state index in [-0.39, 0.29) is 17.3 Å². The van der Waals surface area contributed by atoms with Crippen molar-refractivity contribution >= 4 is 29.2 Å². The predicted octanol–water partition coefficient (Wildman–Crippen LogP) is 1.61. The van der Waals surface area contributed by atoms with Gasteiger partial charge in [-0.15, -0.1) is 0 Å². The predicted molar refractivity (Wildman–Crippen MR) is 71.0 cm³/mol. The summed E-state index contributed by atoms with van der Waals surface area (Å²) in [6, 6.07) is 3.15. The molecule has 10 heteroatoms. The number of cyclic esters (lactones) is 1. The molecule has 1 saturated heterocycles. The van der Waals surface area contributed by atoms with Gasteiger partial charge in [0.05, 0.1) is 22.1 Å². The number of esters is 1. The zero-order valence-corrected chi connectivity index (χ0v) is 10.6. The molecular formula is C11H10N4O6. The summed E-state index contributed by atoms with van der Waals surface area (Å²) >= 11 is 0. The molecule has 21 heavy (non-hydrogen) atoms. The lowest BCUT2D eigenvalue weighted by Crippen LogP contribution is -2.09. The molecule has 110 valence electrons. The standard InChI is InChI=1S/C11H10N4O6/c16-11-4-2-8(21-11)6-12-13-9-3-1-7(14(17)18)5-10(9)15(19)20/h1,3,5-6,8,13H,2,4H2/b12-6+. The topological polar surface area (TPSA) is 137 Å². The van der Waals surface area contributed by atoms with Crippen LogP contribution in [0.25, 0.3) is 0 Å². The molecule has 0 aliphatic carbocycles. The van der Waals surface area contributed by atoms with Gasteiger partial charge in [-0.3, -0.25) is 30.4 Å². The van der Waals surface area contributed by atoms with Crippen LogP contribution in [0.15, 0.2) is 23.3 Å². The minimum Gasteiger partial charge on any atom is -0.456 e. The molecule has 1 aromatic rings. The smallest absolute Gasteiger partial charge is 0.306 e. The number of nitrogens with one attached hydrogen (secondary N) is 1. The number of nitrogens with zero attached hydrogens (tertiary/aromatic N) is 3. The minimum absolute atomic E-state index is 0.00572. The van der Waals surface area contributed by atoms with Crippen molar-refractivity contribution in [2.75, 3.05) is 5.43 Å². The monoisotopic (exact) mass is 294 g/mol. The molecule has 0 saturated carbocycles. The van der Waals surface area contributed by atoms with E-state index in [0.717, 1.165) is 12.1 Å². The van der Waals surface area contributed by atoms with Gasteiger partial charge in [-0.1, -0.05) is 0 Å². The van der Waals surface area contributed by atoms with Crippen LogP contribution in [0.2, 0.25) is 0 Å². The Hall–Kier alpha value is -3.04. The number of anilines is 1. The van der Waals surface area contributed by atoms with Crippen LogP contribution in [0.5, 0.6) is 0 Å². The molecule has 0 bridgehead atoms. The highest BCUT2D eigenvalue weighted by molar-refractivity contribution is 5.78. The highest BCUT2D eigenvalue weighted by atomic mass is 16.6. The summed E-state index contributed by atoms with van der Waals surface area (Å²) in [5.41, 5.74) is 1.57. The lowest BCUT2D eigenvalue weighted by atomic mass is 10.2. The summed E-state index contributed by atoms with van der Waals surface area (Å²) in [5.74, 6) is -0.326. The van der Waals surface area contributed by atoms with Gasteiger partial charge in [-0.2, -0.15) is 5.10 Å². The first-order valence-corrected chi connectivity index (χ1v) is 5.89. The van der Waals surface area contributed by atoms with Crippen LogP contribution in [0.4, 0.5) is 17.1 Å². The van der Waals surface area contributed by atoms with Crippen molar-refractivity contribution in [3.8, 4) is 0 Å². The summed E-state index contributed by atoms with van der Waals surface area (Å²) in [7, 11) is 0. The first-order chi connectivity index (χ1) is 9.97. The highest BCUT2D eigenvalue weighted by Crippen LogP contribution is 2.28. The third kappa shape index (κ3) is 3.49. The third-order valence-electron chi connectivity index (χ3n) is 2.73. The van der Waals surface area contributed by atoms with Gasteiger partial charge in [0.2, 0.25) is 0 Å². The van der Waals surface area contributed by atoms with Gasteiger partial charge in [0, 0.05) is 18.9 Å². The van der Waals surface area contributed by atoms with Gasteiger partial charge >= 0.3 is 11.7 Å². The number of hydrogen-bond acceptors (Lipinski definition) is 8. The maximum atomic E-state index is 10.9. The number of carbonyl (C=O) groups excluding carboxylic acids is 1. The molecule has 1 aliphatic rings. The van der Waals surface area contributed by atoms with Gasteiger partial charge in [0.25, 0.3) is 5.69 Å². The second-order valence-electron chi connectivity index (χ2n) is 4.17. The van der Waals surface area contributed by atoms with E-state index in [0.29, 0.717) is 12.8 Å². The average Bonchev–Trinajstić information content (AvgIpc) is 2.84. The number of ether oxygens (including phenoxy) is 1. The summed E-state index contributed by atoms with van der Waals surface area (Å²) in [4.78, 5) is 30.9. The number of hydrazone groups is 1. The van der Waals surface area contributed by atoms with Crippen molar-refractivity contribution in [2.45, 2.75) is 18.9 Å². The molecule has 1 N–H and O–H groups in total. The Labute approximate surface area is 117 Å². The van der Waals surface area contributed by atoms with E-state index in [2.05, 4.69) is 10.5 Å². The molecule has 0 aromatic heterocycles. The molecule has 1 heterocycles. The molecule has 0 radical (unpaired) electrons. The number of rotatable bonds is 5. The molecule has 0 amide bonds. The summed E-state index contributed by atoms with van der Waals surface area (Å²) in [5, 5.41) is 25.2. The molecule has 1 fully saturated rings. The van der Waals surface area contributed by atoms with E-state index in [1.807, 2.05) is 0 Å². The molecule has 1 aromatic carbocycles. The summed E-state index contributed by atoms with van der Waals surface area (Å²) < 4.78 is 4.88. The lowest BCUT2D eigenvalue weighted by molar-refractivity contribution is -0.393. The Morgan fingerprint density at radius 2 is 2.10 bits per heavy atom. The van der Waals surface area contributed by atoms with Gasteiger partial charge in [-0.05, 0) is 6.07 Å². The van der Waals surface area contributed by atoms with E-state index in [9.17, 15) is 25.0 Å². The first-order valence-electron chi connectivity index (χ1n) is 5.89. The van der Waals surface area contributed by atoms with Crippen molar-refractivity contribution in [3.05, 3.63) is 38.4 Å². The van der Waals surface area contributed by atoms with Crippen LogP contribution in [0.1, 0.15) is 12.8 Å². The van der Waals surface area contributed by atoms with Gasteiger partial charge in [0.15, 0.2) is 0 Å². The largest absolute Gasteiger partial charge is 0.456 e. The van der Waals surface area contributed by atoms with E-state index in [1.54, 1.807) is 0 Å². The van der Waals surface area contributed by atoms with Crippen LogP contribution < -0.4 is 5.43 Å². The quantitative estimate of drug-likeness (QED) is 0.377. The van der Waals surface area contributed by atoms with Gasteiger partial charge < -0.3 is 4.74 Å². The Balaban J connectivity index is 2.12. The Kier molecular flexibility index (Phi) is 4.07. The van der Waals surface area contributed by atoms with Crippen LogP contribution in [-0.2, 0) is 9.53 Å². The number of nitro benzene ring substituents is 2. The maximum Gasteiger partial charge on any atom is 0.306 e. The lowest BCUT2D eigenvalue weighted by Gasteiger charge is -2.03. The average molecular weight is 294 g/mol. The molecule has 1 aliphatic heterocycles. The number of nitro groups is 2. The van der Waals surface area contributed by atoms with Crippen LogP contribution in [0, 0.1) is 20.2 Å². The van der Waals surface area contributed by atoms with Gasteiger partial charge in [-0.25, -0.2) is 0 Å². The van der Waals surface area contributed by atoms with E-state index >= 15 is 0 Å². The van der Waals surface area contributed by atoms with Crippen LogP contribution >= 0.6 is 0 Å². The van der Waals surface area contributed by atoms with E-state index in [1.165, 1.54) is 12.3 Å². The third-order valence-corrected chi connectivity index (χ3v) is 2.73. The van der Waals surface area contributed by atoms with Crippen molar-refractivity contribution in [1.82, 2.24) is 0 Å². The Morgan fingerprint density at radius 3 is 2.67 bits per heavy atom. The second-order valence-corrected chi connectivity index (χ2v) is 4.17. The van der Waals surface area contributed by atoms with Crippen molar-refractivity contribution in [2.24, 2.45) is 5.10 Å². The number of carbonyl (C=O) groups is 1. The normalized spacial score (nSPS) is 17.7. The summed E-state index contributed by atoms with van der Waals surface area (Å²) in [6.07, 6.45) is 1.64. The van der Waals surface area contributed by atoms with Crippen molar-refractivity contribution in [1.29, 1.82) is 0 Å². The number of non-ortho nitro benzene ring substituents is 1. The fourth-order valence-corrected chi connectivity index (χ4v) is 1.72. The van der Waals surface area contributed by atoms with Gasteiger partial charge in [0.1, 0.15) is 11.8 Å². The zero-order chi connectivity index (χ0) is 15.4. The van der Waals surface area contributed by atoms with Crippen molar-refractivity contribution < 1.29 is 19.4 Å². The molecule has 2 rings (SSSR count). The minimum atomic E-state index is -0.750. The SMILES string of the molecule is O=C1CCC(/C=N/Nc2ccc([N+](=O)[O-])cc2[N+](=O)[O-])O1. The number of hydrogen-bond donors (Lipinski definition) is 1. The number of benzene rings is 1. The maximum absolute atomic E-state index is 10.9. The molecule has 1 unspecified atom stereocenters. The highest BCUT2D eigenvalue weighted by Gasteiger charge is 2.22. The Bertz CT molecular complexity index is 629. The molecule has 0 spiro atoms. The van der Waals surface area contributed by atoms with E-state index in [4.69, 9.17) is 4.74 Å². The molecule has 1 atom stereocenters. The second kappa shape index (κ2) is 5.94. The fraction of sp³-hybridized carbons (Fsp3) is 0.273. The van der Waals surface area contributed by atoms with Crippen molar-refractivity contribution in [3.63, 3.8) is 0 Å². The van der Waals surface area contributed by atoms with Crippen LogP contribution in [0.3, 0.4) is 0 Å². The zero-order valence-electron chi connectivity index (χ0n) is 10.6. The Morgan fingerprint density at radius 1 is 1.33 bits per heavy atom.